The molecular formula is C25H22BrNO3. The molecule has 5 heteroatoms. The summed E-state index contributed by atoms with van der Waals surface area (Å²) in [4.78, 5) is 14.8. The molecule has 4 nitrogen and oxygen atoms in total. The Morgan fingerprint density at radius 3 is 2.27 bits per heavy atom. The lowest BCUT2D eigenvalue weighted by Crippen LogP contribution is -2.32. The molecule has 0 fully saturated rings. The summed E-state index contributed by atoms with van der Waals surface area (Å²) in [7, 11) is 1.61. The Morgan fingerprint density at radius 1 is 0.967 bits per heavy atom. The number of carbonyl (C=O) groups excluding carboxylic acids is 1. The van der Waals surface area contributed by atoms with Crippen molar-refractivity contribution in [2.24, 2.45) is 0 Å². The minimum atomic E-state index is -0.359. The lowest BCUT2D eigenvalue weighted by atomic mass is 9.93. The van der Waals surface area contributed by atoms with E-state index in [4.69, 9.17) is 4.74 Å². The molecule has 0 bridgehead atoms. The second kappa shape index (κ2) is 8.76. The monoisotopic (exact) mass is 463 g/mol. The molecule has 0 spiro atoms. The van der Waals surface area contributed by atoms with Gasteiger partial charge in [0.05, 0.1) is 13.2 Å². The average Bonchev–Trinajstić information content (AvgIpc) is 3.04. The van der Waals surface area contributed by atoms with E-state index in [0.717, 1.165) is 26.9 Å². The number of methoxy groups -OCH3 is 1. The van der Waals surface area contributed by atoms with Crippen LogP contribution in [0.3, 0.4) is 0 Å². The molecule has 152 valence electrons. The van der Waals surface area contributed by atoms with Gasteiger partial charge in [-0.05, 0) is 47.4 Å². The van der Waals surface area contributed by atoms with Gasteiger partial charge < -0.3 is 14.7 Å². The van der Waals surface area contributed by atoms with Crippen LogP contribution in [-0.2, 0) is 11.2 Å². The molecule has 0 aromatic heterocycles. The molecule has 1 atom stereocenters. The number of halogens is 1. The summed E-state index contributed by atoms with van der Waals surface area (Å²) in [5.41, 5.74) is 3.53. The van der Waals surface area contributed by atoms with Crippen molar-refractivity contribution >= 4 is 27.4 Å². The molecule has 0 saturated carbocycles. The summed E-state index contributed by atoms with van der Waals surface area (Å²) in [5.74, 6) is 0.190. The number of carbonyl (C=O) groups is 1. The maximum Gasteiger partial charge on any atom is 0.289 e. The molecule has 3 aromatic carbocycles. The smallest absolute Gasteiger partial charge is 0.289 e. The van der Waals surface area contributed by atoms with E-state index in [1.165, 1.54) is 0 Å². The molecule has 1 aliphatic heterocycles. The number of hydrogen-bond donors (Lipinski definition) is 1. The maximum absolute atomic E-state index is 13.1. The predicted octanol–water partition coefficient (Wildman–Crippen LogP) is 5.55. The number of aliphatic hydroxyl groups is 1. The van der Waals surface area contributed by atoms with Crippen molar-refractivity contribution in [1.82, 2.24) is 4.90 Å². The van der Waals surface area contributed by atoms with Gasteiger partial charge in [0.15, 0.2) is 5.76 Å². The minimum absolute atomic E-state index is 0.193. The molecule has 1 amide bonds. The van der Waals surface area contributed by atoms with Gasteiger partial charge in [-0.15, -0.1) is 0 Å². The Morgan fingerprint density at radius 2 is 1.63 bits per heavy atom. The first-order chi connectivity index (χ1) is 14.6. The van der Waals surface area contributed by atoms with Crippen LogP contribution in [0, 0.1) is 0 Å². The van der Waals surface area contributed by atoms with Gasteiger partial charge in [0.25, 0.3) is 5.91 Å². The van der Waals surface area contributed by atoms with E-state index in [0.29, 0.717) is 18.5 Å². The summed E-state index contributed by atoms with van der Waals surface area (Å²) in [6, 6.07) is 25.0. The van der Waals surface area contributed by atoms with Crippen LogP contribution < -0.4 is 4.74 Å². The fraction of sp³-hybridized carbons (Fsp3) is 0.160. The number of benzene rings is 3. The molecule has 0 radical (unpaired) electrons. The minimum Gasteiger partial charge on any atom is -0.503 e. The second-order valence-corrected chi connectivity index (χ2v) is 8.09. The van der Waals surface area contributed by atoms with Crippen LogP contribution in [0.25, 0.3) is 5.57 Å². The van der Waals surface area contributed by atoms with Crippen LogP contribution in [-0.4, -0.2) is 29.6 Å². The van der Waals surface area contributed by atoms with Gasteiger partial charge >= 0.3 is 0 Å². The number of rotatable bonds is 6. The molecular weight excluding hydrogens is 442 g/mol. The van der Waals surface area contributed by atoms with E-state index in [1.54, 1.807) is 12.0 Å². The van der Waals surface area contributed by atoms with Crippen LogP contribution >= 0.6 is 15.9 Å². The summed E-state index contributed by atoms with van der Waals surface area (Å²) in [6.07, 6.45) is 0.711. The predicted molar refractivity (Wildman–Crippen MR) is 121 cm³/mol. The third kappa shape index (κ3) is 3.98. The second-order valence-electron chi connectivity index (χ2n) is 7.18. The molecule has 0 saturated heterocycles. The largest absolute Gasteiger partial charge is 0.503 e. The van der Waals surface area contributed by atoms with E-state index in [-0.39, 0.29) is 17.7 Å². The van der Waals surface area contributed by atoms with Crippen LogP contribution in [0.2, 0.25) is 0 Å². The molecule has 1 aliphatic rings. The Kier molecular flexibility index (Phi) is 5.91. The average molecular weight is 464 g/mol. The quantitative estimate of drug-likeness (QED) is 0.520. The van der Waals surface area contributed by atoms with E-state index < -0.39 is 0 Å². The molecule has 1 heterocycles. The maximum atomic E-state index is 13.1. The Labute approximate surface area is 184 Å². The van der Waals surface area contributed by atoms with Gasteiger partial charge in [-0.3, -0.25) is 4.79 Å². The van der Waals surface area contributed by atoms with Gasteiger partial charge in [0, 0.05) is 16.6 Å². The van der Waals surface area contributed by atoms with Crippen LogP contribution in [0.1, 0.15) is 22.7 Å². The zero-order valence-corrected chi connectivity index (χ0v) is 18.2. The van der Waals surface area contributed by atoms with Gasteiger partial charge in [-0.2, -0.15) is 0 Å². The molecule has 1 N–H and O–H groups in total. The molecule has 0 unspecified atom stereocenters. The van der Waals surface area contributed by atoms with Crippen LogP contribution in [0.4, 0.5) is 0 Å². The third-order valence-electron chi connectivity index (χ3n) is 5.37. The molecule has 0 aliphatic carbocycles. The Hall–Kier alpha value is -3.05. The van der Waals surface area contributed by atoms with E-state index >= 15 is 0 Å². The highest BCUT2D eigenvalue weighted by atomic mass is 79.9. The van der Waals surface area contributed by atoms with Crippen molar-refractivity contribution in [3.05, 3.63) is 106 Å². The topological polar surface area (TPSA) is 49.8 Å². The summed E-state index contributed by atoms with van der Waals surface area (Å²) >= 11 is 3.47. The summed E-state index contributed by atoms with van der Waals surface area (Å²) in [6.45, 7) is 0.507. The van der Waals surface area contributed by atoms with Crippen molar-refractivity contribution in [1.29, 1.82) is 0 Å². The first-order valence-corrected chi connectivity index (χ1v) is 10.6. The SMILES string of the molecule is COc1ccc(C2=C(O)C(=O)N(CCc3ccccc3)[C@@H]2c2ccc(Br)cc2)cc1. The van der Waals surface area contributed by atoms with E-state index in [1.807, 2.05) is 78.9 Å². The zero-order valence-electron chi connectivity index (χ0n) is 16.6. The van der Waals surface area contributed by atoms with Gasteiger partial charge in [0.1, 0.15) is 5.75 Å². The lowest BCUT2D eigenvalue weighted by Gasteiger charge is -2.27. The first kappa shape index (κ1) is 20.2. The van der Waals surface area contributed by atoms with Crippen molar-refractivity contribution in [3.8, 4) is 5.75 Å². The zero-order chi connectivity index (χ0) is 21.1. The summed E-state index contributed by atoms with van der Waals surface area (Å²) in [5, 5.41) is 10.8. The normalized spacial score (nSPS) is 16.3. The molecule has 4 rings (SSSR count). The highest BCUT2D eigenvalue weighted by Gasteiger charge is 2.40. The van der Waals surface area contributed by atoms with E-state index in [9.17, 15) is 9.90 Å². The fourth-order valence-electron chi connectivity index (χ4n) is 3.84. The first-order valence-electron chi connectivity index (χ1n) is 9.76. The Bertz CT molecular complexity index is 1060. The highest BCUT2D eigenvalue weighted by molar-refractivity contribution is 9.10. The van der Waals surface area contributed by atoms with E-state index in [2.05, 4.69) is 15.9 Å². The van der Waals surface area contributed by atoms with Crippen molar-refractivity contribution in [3.63, 3.8) is 0 Å². The number of nitrogens with zero attached hydrogens (tertiary/aromatic N) is 1. The van der Waals surface area contributed by atoms with Crippen molar-refractivity contribution in [2.75, 3.05) is 13.7 Å². The molecule has 30 heavy (non-hydrogen) atoms. The fourth-order valence-corrected chi connectivity index (χ4v) is 4.10. The number of hydrogen-bond acceptors (Lipinski definition) is 3. The van der Waals surface area contributed by atoms with Gasteiger partial charge in [0.2, 0.25) is 0 Å². The van der Waals surface area contributed by atoms with Crippen molar-refractivity contribution < 1.29 is 14.6 Å². The molecule has 3 aromatic rings. The standard InChI is InChI=1S/C25H22BrNO3/c1-30-21-13-9-18(10-14-21)22-23(19-7-11-20(26)12-8-19)27(25(29)24(22)28)16-15-17-5-3-2-4-6-17/h2-14,23,28H,15-16H2,1H3/t23-/m1/s1. The third-order valence-corrected chi connectivity index (χ3v) is 5.90. The lowest BCUT2D eigenvalue weighted by molar-refractivity contribution is -0.129. The van der Waals surface area contributed by atoms with Gasteiger partial charge in [-0.1, -0.05) is 70.5 Å². The summed E-state index contributed by atoms with van der Waals surface area (Å²) < 4.78 is 6.22. The number of aliphatic hydroxyl groups excluding tert-OH is 1. The van der Waals surface area contributed by atoms with Crippen LogP contribution in [0.15, 0.2) is 89.1 Å². The Balaban J connectivity index is 1.72. The number of amides is 1. The van der Waals surface area contributed by atoms with Crippen molar-refractivity contribution in [2.45, 2.75) is 12.5 Å². The number of ether oxygens (including phenoxy) is 1. The van der Waals surface area contributed by atoms with Gasteiger partial charge in [-0.25, -0.2) is 0 Å². The highest BCUT2D eigenvalue weighted by Crippen LogP contribution is 2.43. The van der Waals surface area contributed by atoms with Crippen LogP contribution in [0.5, 0.6) is 5.75 Å².